The van der Waals surface area contributed by atoms with Crippen molar-refractivity contribution >= 4 is 5.78 Å². The number of fused-ring (bicyclic) bond motifs is 1. The molecule has 0 amide bonds. The smallest absolute Gasteiger partial charge is 0.145 e. The zero-order valence-corrected chi connectivity index (χ0v) is 9.99. The maximum absolute atomic E-state index is 11.8. The molecule has 0 atom stereocenters. The number of ketones is 1. The van der Waals surface area contributed by atoms with E-state index in [-0.39, 0.29) is 5.78 Å². The third-order valence-electron chi connectivity index (χ3n) is 3.83. The summed E-state index contributed by atoms with van der Waals surface area (Å²) in [5.41, 5.74) is 1.91. The van der Waals surface area contributed by atoms with Crippen LogP contribution < -0.4 is 4.74 Å². The van der Waals surface area contributed by atoms with Gasteiger partial charge >= 0.3 is 0 Å². The lowest BCUT2D eigenvalue weighted by Gasteiger charge is -2.40. The predicted octanol–water partition coefficient (Wildman–Crippen LogP) is 1.87. The molecule has 0 spiro atoms. The van der Waals surface area contributed by atoms with Crippen LogP contribution in [0, 0.1) is 0 Å². The van der Waals surface area contributed by atoms with E-state index in [9.17, 15) is 4.79 Å². The SMILES string of the molecule is CC(=O)C1(c2ccc3c(c2)CCCO3)COC1. The van der Waals surface area contributed by atoms with Crippen LogP contribution in [0.2, 0.25) is 0 Å². The van der Waals surface area contributed by atoms with Crippen molar-refractivity contribution in [3.8, 4) is 5.75 Å². The molecule has 3 rings (SSSR count). The van der Waals surface area contributed by atoms with Crippen molar-refractivity contribution in [2.45, 2.75) is 25.2 Å². The Bertz CT molecular complexity index is 461. The normalized spacial score (nSPS) is 21.0. The Labute approximate surface area is 101 Å². The minimum atomic E-state index is -0.396. The Morgan fingerprint density at radius 2 is 2.18 bits per heavy atom. The molecular formula is C14H16O3. The van der Waals surface area contributed by atoms with Crippen LogP contribution in [0.5, 0.6) is 5.75 Å². The number of aryl methyl sites for hydroxylation is 1. The molecule has 0 bridgehead atoms. The number of ether oxygens (including phenoxy) is 2. The van der Waals surface area contributed by atoms with Gasteiger partial charge in [-0.1, -0.05) is 12.1 Å². The van der Waals surface area contributed by atoms with E-state index in [1.165, 1.54) is 5.56 Å². The van der Waals surface area contributed by atoms with Gasteiger partial charge < -0.3 is 9.47 Å². The topological polar surface area (TPSA) is 35.5 Å². The van der Waals surface area contributed by atoms with Crippen molar-refractivity contribution in [3.63, 3.8) is 0 Å². The Morgan fingerprint density at radius 3 is 2.82 bits per heavy atom. The van der Waals surface area contributed by atoms with Crippen LogP contribution in [0.3, 0.4) is 0 Å². The minimum Gasteiger partial charge on any atom is -0.493 e. The molecule has 17 heavy (non-hydrogen) atoms. The number of hydrogen-bond donors (Lipinski definition) is 0. The monoisotopic (exact) mass is 232 g/mol. The van der Waals surface area contributed by atoms with E-state index in [2.05, 4.69) is 6.07 Å². The molecule has 1 saturated heterocycles. The van der Waals surface area contributed by atoms with Gasteiger partial charge in [0, 0.05) is 0 Å². The second-order valence-corrected chi connectivity index (χ2v) is 4.91. The summed E-state index contributed by atoms with van der Waals surface area (Å²) in [5.74, 6) is 1.17. The van der Waals surface area contributed by atoms with Crippen LogP contribution >= 0.6 is 0 Å². The first-order valence-electron chi connectivity index (χ1n) is 6.07. The van der Waals surface area contributed by atoms with Gasteiger partial charge in [-0.2, -0.15) is 0 Å². The Balaban J connectivity index is 2.01. The molecule has 3 heteroatoms. The average molecular weight is 232 g/mol. The molecule has 0 radical (unpaired) electrons. The van der Waals surface area contributed by atoms with E-state index >= 15 is 0 Å². The molecule has 2 aliphatic rings. The fourth-order valence-corrected chi connectivity index (χ4v) is 2.54. The van der Waals surface area contributed by atoms with Gasteiger partial charge in [0.25, 0.3) is 0 Å². The summed E-state index contributed by atoms with van der Waals surface area (Å²) in [4.78, 5) is 11.8. The highest BCUT2D eigenvalue weighted by Gasteiger charge is 2.45. The number of hydrogen-bond acceptors (Lipinski definition) is 3. The summed E-state index contributed by atoms with van der Waals surface area (Å²) >= 11 is 0. The lowest BCUT2D eigenvalue weighted by atomic mass is 9.75. The number of benzene rings is 1. The van der Waals surface area contributed by atoms with Gasteiger partial charge in [-0.25, -0.2) is 0 Å². The third-order valence-corrected chi connectivity index (χ3v) is 3.83. The van der Waals surface area contributed by atoms with Gasteiger partial charge in [0.15, 0.2) is 0 Å². The van der Waals surface area contributed by atoms with E-state index in [1.54, 1.807) is 6.92 Å². The van der Waals surface area contributed by atoms with Crippen molar-refractivity contribution < 1.29 is 14.3 Å². The summed E-state index contributed by atoms with van der Waals surface area (Å²) in [6.07, 6.45) is 2.10. The predicted molar refractivity (Wildman–Crippen MR) is 63.4 cm³/mol. The fourth-order valence-electron chi connectivity index (χ4n) is 2.54. The van der Waals surface area contributed by atoms with Gasteiger partial charge in [-0.3, -0.25) is 4.79 Å². The minimum absolute atomic E-state index is 0.195. The molecule has 2 heterocycles. The van der Waals surface area contributed by atoms with E-state index < -0.39 is 5.41 Å². The average Bonchev–Trinajstić information content (AvgIpc) is 2.27. The lowest BCUT2D eigenvalue weighted by Crippen LogP contribution is -2.52. The van der Waals surface area contributed by atoms with Crippen molar-refractivity contribution in [1.29, 1.82) is 0 Å². The van der Waals surface area contributed by atoms with E-state index in [4.69, 9.17) is 9.47 Å². The number of Topliss-reactive ketones (excluding diaryl/α,β-unsaturated/α-hetero) is 1. The zero-order chi connectivity index (χ0) is 11.9. The maximum atomic E-state index is 11.8. The number of carbonyl (C=O) groups excluding carboxylic acids is 1. The Hall–Kier alpha value is -1.35. The standard InChI is InChI=1S/C14H16O3/c1-10(15)14(8-16-9-14)12-4-5-13-11(7-12)3-2-6-17-13/h4-5,7H,2-3,6,8-9H2,1H3. The van der Waals surface area contributed by atoms with Gasteiger partial charge in [0.05, 0.1) is 19.8 Å². The fraction of sp³-hybridized carbons (Fsp3) is 0.500. The molecule has 0 saturated carbocycles. The van der Waals surface area contributed by atoms with Crippen molar-refractivity contribution in [2.24, 2.45) is 0 Å². The third kappa shape index (κ3) is 1.57. The molecule has 1 aromatic carbocycles. The summed E-state index contributed by atoms with van der Waals surface area (Å²) in [6, 6.07) is 6.12. The molecule has 2 aliphatic heterocycles. The quantitative estimate of drug-likeness (QED) is 0.781. The van der Waals surface area contributed by atoms with E-state index in [1.807, 2.05) is 12.1 Å². The molecular weight excluding hydrogens is 216 g/mol. The highest BCUT2D eigenvalue weighted by molar-refractivity contribution is 5.89. The summed E-state index contributed by atoms with van der Waals surface area (Å²) < 4.78 is 10.8. The molecule has 1 fully saturated rings. The summed E-state index contributed by atoms with van der Waals surface area (Å²) in [6.45, 7) is 3.48. The largest absolute Gasteiger partial charge is 0.493 e. The Morgan fingerprint density at radius 1 is 1.35 bits per heavy atom. The van der Waals surface area contributed by atoms with Crippen LogP contribution in [-0.4, -0.2) is 25.6 Å². The van der Waals surface area contributed by atoms with Gasteiger partial charge in [0.1, 0.15) is 16.9 Å². The molecule has 3 nitrogen and oxygen atoms in total. The van der Waals surface area contributed by atoms with Crippen LogP contribution in [-0.2, 0) is 21.4 Å². The first kappa shape index (κ1) is 10.8. The molecule has 0 N–H and O–H groups in total. The van der Waals surface area contributed by atoms with Crippen LogP contribution in [0.4, 0.5) is 0 Å². The van der Waals surface area contributed by atoms with Crippen molar-refractivity contribution in [2.75, 3.05) is 19.8 Å². The first-order valence-corrected chi connectivity index (χ1v) is 6.07. The molecule has 0 aromatic heterocycles. The van der Waals surface area contributed by atoms with E-state index in [0.717, 1.165) is 30.8 Å². The van der Waals surface area contributed by atoms with Gasteiger partial charge in [0.2, 0.25) is 0 Å². The summed E-state index contributed by atoms with van der Waals surface area (Å²) in [7, 11) is 0. The molecule has 0 unspecified atom stereocenters. The highest BCUT2D eigenvalue weighted by Crippen LogP contribution is 2.36. The second-order valence-electron chi connectivity index (χ2n) is 4.91. The van der Waals surface area contributed by atoms with Crippen LogP contribution in [0.15, 0.2) is 18.2 Å². The Kier molecular flexibility index (Phi) is 2.44. The van der Waals surface area contributed by atoms with Crippen molar-refractivity contribution in [1.82, 2.24) is 0 Å². The van der Waals surface area contributed by atoms with Crippen LogP contribution in [0.25, 0.3) is 0 Å². The number of carbonyl (C=O) groups is 1. The lowest BCUT2D eigenvalue weighted by molar-refractivity contribution is -0.140. The highest BCUT2D eigenvalue weighted by atomic mass is 16.5. The molecule has 1 aromatic rings. The summed E-state index contributed by atoms with van der Waals surface area (Å²) in [5, 5.41) is 0. The van der Waals surface area contributed by atoms with E-state index in [0.29, 0.717) is 13.2 Å². The van der Waals surface area contributed by atoms with Gasteiger partial charge in [-0.15, -0.1) is 0 Å². The zero-order valence-electron chi connectivity index (χ0n) is 9.99. The maximum Gasteiger partial charge on any atom is 0.145 e. The molecule has 90 valence electrons. The number of rotatable bonds is 2. The van der Waals surface area contributed by atoms with Crippen molar-refractivity contribution in [3.05, 3.63) is 29.3 Å². The second kappa shape index (κ2) is 3.84. The van der Waals surface area contributed by atoms with Gasteiger partial charge in [-0.05, 0) is 37.0 Å². The molecule has 0 aliphatic carbocycles. The first-order chi connectivity index (χ1) is 8.22. The van der Waals surface area contributed by atoms with Crippen LogP contribution in [0.1, 0.15) is 24.5 Å².